The number of pyridine rings is 1. The Hall–Kier alpha value is -3.12. The molecule has 0 amide bonds. The van der Waals surface area contributed by atoms with E-state index in [2.05, 4.69) is 11.6 Å². The van der Waals surface area contributed by atoms with Gasteiger partial charge in [-0.05, 0) is 48.7 Å². The normalized spacial score (nSPS) is 11.6. The molecular weight excluding hydrogens is 379 g/mol. The summed E-state index contributed by atoms with van der Waals surface area (Å²) in [6.07, 6.45) is 4.03. The van der Waals surface area contributed by atoms with E-state index < -0.39 is 10.0 Å². The lowest BCUT2D eigenvalue weighted by molar-refractivity contribution is 0.589. The summed E-state index contributed by atoms with van der Waals surface area (Å²) < 4.78 is 28.5. The molecule has 2 aromatic carbocycles. The highest BCUT2D eigenvalue weighted by molar-refractivity contribution is 7.90. The molecule has 2 aromatic heterocycles. The molecule has 4 nitrogen and oxygen atoms in total. The fourth-order valence-corrected chi connectivity index (χ4v) is 4.86. The number of aromatic nitrogens is 2. The van der Waals surface area contributed by atoms with Gasteiger partial charge in [-0.1, -0.05) is 53.5 Å². The molecular formula is C23H19BN2O2S. The van der Waals surface area contributed by atoms with Gasteiger partial charge in [0.25, 0.3) is 10.0 Å². The molecule has 2 heterocycles. The zero-order chi connectivity index (χ0) is 20.6. The van der Waals surface area contributed by atoms with E-state index in [1.807, 2.05) is 37.3 Å². The minimum atomic E-state index is -3.88. The average Bonchev–Trinajstić information content (AvgIpc) is 3.11. The molecule has 0 spiro atoms. The van der Waals surface area contributed by atoms with Crippen LogP contribution in [0, 0.1) is 6.92 Å². The Morgan fingerprint density at radius 3 is 2.59 bits per heavy atom. The maximum absolute atomic E-state index is 13.6. The van der Waals surface area contributed by atoms with Gasteiger partial charge in [0.2, 0.25) is 0 Å². The Morgan fingerprint density at radius 2 is 1.86 bits per heavy atom. The summed E-state index contributed by atoms with van der Waals surface area (Å²) in [5, 5.41) is 0.604. The summed E-state index contributed by atoms with van der Waals surface area (Å²) in [6.45, 7) is 5.70. The van der Waals surface area contributed by atoms with Gasteiger partial charge in [-0.25, -0.2) is 17.4 Å². The molecule has 0 atom stereocenters. The lowest BCUT2D eigenvalue weighted by Crippen LogP contribution is -2.15. The van der Waals surface area contributed by atoms with Crippen LogP contribution in [-0.2, 0) is 16.4 Å². The van der Waals surface area contributed by atoms with Gasteiger partial charge in [0.05, 0.1) is 10.6 Å². The lowest BCUT2D eigenvalue weighted by atomic mass is 9.94. The van der Waals surface area contributed by atoms with Crippen LogP contribution >= 0.6 is 0 Å². The molecule has 142 valence electrons. The molecule has 0 aliphatic heterocycles. The highest BCUT2D eigenvalue weighted by Crippen LogP contribution is 2.31. The van der Waals surface area contributed by atoms with Crippen LogP contribution in [0.5, 0.6) is 0 Å². The Bertz CT molecular complexity index is 1320. The number of hydrogen-bond donors (Lipinski definition) is 0. The van der Waals surface area contributed by atoms with Gasteiger partial charge in [-0.2, -0.15) is 0 Å². The predicted molar refractivity (Wildman–Crippen MR) is 118 cm³/mol. The molecule has 0 saturated heterocycles. The van der Waals surface area contributed by atoms with E-state index in [9.17, 15) is 8.42 Å². The van der Waals surface area contributed by atoms with E-state index >= 15 is 0 Å². The standard InChI is InChI=1S/C23H19BN2O2S/c1-3-5-17-6-4-7-18(14-17)22-15-20-21(24)12-13-25-23(20)26(22)29(27,28)19-10-8-16(2)9-11-19/h3-4,6-15H,1,5H2,2H3. The van der Waals surface area contributed by atoms with Crippen LogP contribution in [-0.4, -0.2) is 25.2 Å². The summed E-state index contributed by atoms with van der Waals surface area (Å²) in [6, 6.07) is 18.0. The van der Waals surface area contributed by atoms with E-state index in [1.54, 1.807) is 36.4 Å². The zero-order valence-corrected chi connectivity index (χ0v) is 16.9. The van der Waals surface area contributed by atoms with Crippen molar-refractivity contribution in [2.75, 3.05) is 0 Å². The summed E-state index contributed by atoms with van der Waals surface area (Å²) in [5.41, 5.74) is 4.13. The van der Waals surface area contributed by atoms with Crippen molar-refractivity contribution in [1.82, 2.24) is 8.96 Å². The molecule has 0 unspecified atom stereocenters. The summed E-state index contributed by atoms with van der Waals surface area (Å²) in [5.74, 6) is 0. The Kier molecular flexibility index (Phi) is 4.88. The van der Waals surface area contributed by atoms with E-state index in [4.69, 9.17) is 7.85 Å². The first-order chi connectivity index (χ1) is 13.9. The number of aryl methyl sites for hydroxylation is 1. The molecule has 2 radical (unpaired) electrons. The second kappa shape index (κ2) is 7.37. The van der Waals surface area contributed by atoms with Crippen molar-refractivity contribution in [3.63, 3.8) is 0 Å². The molecule has 0 bridgehead atoms. The number of rotatable bonds is 5. The number of nitrogens with zero attached hydrogens (tertiary/aromatic N) is 2. The first kappa shape index (κ1) is 19.2. The fourth-order valence-electron chi connectivity index (χ4n) is 3.38. The predicted octanol–water partition coefficient (Wildman–Crippen LogP) is 3.77. The van der Waals surface area contributed by atoms with Crippen LogP contribution in [0.4, 0.5) is 0 Å². The zero-order valence-electron chi connectivity index (χ0n) is 16.0. The third-order valence-electron chi connectivity index (χ3n) is 4.86. The van der Waals surface area contributed by atoms with E-state index in [-0.39, 0.29) is 4.90 Å². The fraction of sp³-hybridized carbons (Fsp3) is 0.0870. The highest BCUT2D eigenvalue weighted by Gasteiger charge is 2.25. The average molecular weight is 398 g/mol. The maximum atomic E-state index is 13.6. The van der Waals surface area contributed by atoms with Crippen molar-refractivity contribution in [2.24, 2.45) is 0 Å². The second-order valence-electron chi connectivity index (χ2n) is 6.94. The molecule has 0 saturated carbocycles. The van der Waals surface area contributed by atoms with Crippen LogP contribution in [0.2, 0.25) is 0 Å². The minimum Gasteiger partial charge on any atom is -0.237 e. The number of fused-ring (bicyclic) bond motifs is 1. The van der Waals surface area contributed by atoms with Crippen molar-refractivity contribution >= 4 is 34.4 Å². The molecule has 4 rings (SSSR count). The largest absolute Gasteiger partial charge is 0.269 e. The van der Waals surface area contributed by atoms with Gasteiger partial charge in [0.15, 0.2) is 5.65 Å². The number of allylic oxidation sites excluding steroid dienone is 1. The first-order valence-electron chi connectivity index (χ1n) is 9.20. The monoisotopic (exact) mass is 398 g/mol. The third kappa shape index (κ3) is 3.40. The van der Waals surface area contributed by atoms with Crippen LogP contribution in [0.15, 0.2) is 84.4 Å². The summed E-state index contributed by atoms with van der Waals surface area (Å²) >= 11 is 0. The van der Waals surface area contributed by atoms with E-state index in [1.165, 1.54) is 10.2 Å². The Labute approximate surface area is 172 Å². The first-order valence-corrected chi connectivity index (χ1v) is 10.6. The van der Waals surface area contributed by atoms with Crippen LogP contribution in [0.1, 0.15) is 11.1 Å². The molecule has 0 aliphatic rings. The van der Waals surface area contributed by atoms with Gasteiger partial charge < -0.3 is 0 Å². The van der Waals surface area contributed by atoms with Crippen molar-refractivity contribution in [3.8, 4) is 11.3 Å². The van der Waals surface area contributed by atoms with Gasteiger partial charge in [-0.15, -0.1) is 6.58 Å². The molecule has 0 fully saturated rings. The summed E-state index contributed by atoms with van der Waals surface area (Å²) in [4.78, 5) is 4.55. The SMILES string of the molecule is [B]c1ccnc2c1cc(-c1cccc(CC=C)c1)n2S(=O)(=O)c1ccc(C)cc1. The summed E-state index contributed by atoms with van der Waals surface area (Å²) in [7, 11) is 2.25. The number of benzene rings is 2. The Balaban J connectivity index is 2.03. The van der Waals surface area contributed by atoms with E-state index in [0.29, 0.717) is 28.6 Å². The molecule has 4 aromatic rings. The van der Waals surface area contributed by atoms with E-state index in [0.717, 1.165) is 16.7 Å². The van der Waals surface area contributed by atoms with Crippen molar-refractivity contribution < 1.29 is 8.42 Å². The van der Waals surface area contributed by atoms with Gasteiger partial charge in [-0.3, -0.25) is 0 Å². The third-order valence-corrected chi connectivity index (χ3v) is 6.58. The van der Waals surface area contributed by atoms with Gasteiger partial charge in [0.1, 0.15) is 7.85 Å². The smallest absolute Gasteiger partial charge is 0.237 e. The molecule has 0 N–H and O–H groups in total. The maximum Gasteiger partial charge on any atom is 0.269 e. The van der Waals surface area contributed by atoms with Crippen molar-refractivity contribution in [3.05, 3.63) is 90.6 Å². The second-order valence-corrected chi connectivity index (χ2v) is 8.73. The van der Waals surface area contributed by atoms with Crippen LogP contribution in [0.3, 0.4) is 0 Å². The molecule has 29 heavy (non-hydrogen) atoms. The quantitative estimate of drug-likeness (QED) is 0.380. The lowest BCUT2D eigenvalue weighted by Gasteiger charge is -2.12. The van der Waals surface area contributed by atoms with Gasteiger partial charge >= 0.3 is 0 Å². The minimum absolute atomic E-state index is 0.202. The van der Waals surface area contributed by atoms with Crippen molar-refractivity contribution in [2.45, 2.75) is 18.2 Å². The van der Waals surface area contributed by atoms with Crippen LogP contribution in [0.25, 0.3) is 22.3 Å². The topological polar surface area (TPSA) is 52.0 Å². The van der Waals surface area contributed by atoms with Gasteiger partial charge in [0, 0.05) is 11.6 Å². The highest BCUT2D eigenvalue weighted by atomic mass is 32.2. The molecule has 6 heteroatoms. The Morgan fingerprint density at radius 1 is 1.10 bits per heavy atom. The van der Waals surface area contributed by atoms with Crippen LogP contribution < -0.4 is 5.46 Å². The van der Waals surface area contributed by atoms with Crippen molar-refractivity contribution in [1.29, 1.82) is 0 Å². The number of hydrogen-bond acceptors (Lipinski definition) is 3. The molecule has 0 aliphatic carbocycles.